The van der Waals surface area contributed by atoms with Gasteiger partial charge >= 0.3 is 12.5 Å². The fourth-order valence-electron chi connectivity index (χ4n) is 1.36. The normalized spacial score (nSPS) is 10.9. The van der Waals surface area contributed by atoms with Crippen LogP contribution in [-0.2, 0) is 5.75 Å². The molecule has 0 aliphatic rings. The van der Waals surface area contributed by atoms with Crippen molar-refractivity contribution in [1.82, 2.24) is 14.5 Å². The summed E-state index contributed by atoms with van der Waals surface area (Å²) in [6, 6.07) is 2.95. The molecule has 0 amide bonds. The molecular formula is C11H9F2N3O2S. The number of aromatic nitrogens is 3. The molecule has 0 bridgehead atoms. The predicted octanol–water partition coefficient (Wildman–Crippen LogP) is 2.66. The molecule has 19 heavy (non-hydrogen) atoms. The van der Waals surface area contributed by atoms with Crippen LogP contribution in [0.4, 0.5) is 8.78 Å². The van der Waals surface area contributed by atoms with E-state index in [1.54, 1.807) is 0 Å². The molecule has 2 rings (SSSR count). The fourth-order valence-corrected chi connectivity index (χ4v) is 2.16. The van der Waals surface area contributed by atoms with E-state index < -0.39 is 12.5 Å². The van der Waals surface area contributed by atoms with E-state index in [1.807, 2.05) is 0 Å². The van der Waals surface area contributed by atoms with Gasteiger partial charge in [-0.15, -0.1) is 0 Å². The van der Waals surface area contributed by atoms with Gasteiger partial charge in [-0.25, -0.2) is 14.8 Å². The number of pyridine rings is 1. The van der Waals surface area contributed by atoms with Crippen LogP contribution in [0, 0.1) is 0 Å². The first-order valence-electron chi connectivity index (χ1n) is 5.20. The number of carboxylic acids is 1. The van der Waals surface area contributed by atoms with Crippen molar-refractivity contribution in [2.75, 3.05) is 0 Å². The minimum absolute atomic E-state index is 0.0819. The van der Waals surface area contributed by atoms with Crippen molar-refractivity contribution in [2.24, 2.45) is 0 Å². The summed E-state index contributed by atoms with van der Waals surface area (Å²) in [5.74, 6) is -0.585. The Morgan fingerprint density at radius 2 is 2.21 bits per heavy atom. The number of rotatable bonds is 5. The van der Waals surface area contributed by atoms with Crippen LogP contribution in [0.3, 0.4) is 0 Å². The molecule has 2 heterocycles. The number of carboxylic acid groups (broad SMARTS) is 1. The molecular weight excluding hydrogens is 276 g/mol. The van der Waals surface area contributed by atoms with Crippen molar-refractivity contribution < 1.29 is 18.7 Å². The summed E-state index contributed by atoms with van der Waals surface area (Å²) in [6.45, 7) is -2.62. The van der Waals surface area contributed by atoms with E-state index in [1.165, 1.54) is 42.5 Å². The second kappa shape index (κ2) is 5.79. The topological polar surface area (TPSA) is 68.0 Å². The molecule has 0 saturated heterocycles. The lowest BCUT2D eigenvalue weighted by molar-refractivity contribution is 0.0675. The summed E-state index contributed by atoms with van der Waals surface area (Å²) >= 11 is 1.21. The van der Waals surface area contributed by atoms with Crippen molar-refractivity contribution in [2.45, 2.75) is 17.3 Å². The average molecular weight is 285 g/mol. The van der Waals surface area contributed by atoms with E-state index in [4.69, 9.17) is 5.11 Å². The van der Waals surface area contributed by atoms with Gasteiger partial charge in [-0.05, 0) is 12.1 Å². The zero-order valence-electron chi connectivity index (χ0n) is 9.53. The van der Waals surface area contributed by atoms with Crippen LogP contribution < -0.4 is 0 Å². The Kier molecular flexibility index (Phi) is 4.10. The molecule has 0 spiro atoms. The van der Waals surface area contributed by atoms with Gasteiger partial charge in [0, 0.05) is 18.6 Å². The highest BCUT2D eigenvalue weighted by atomic mass is 32.2. The van der Waals surface area contributed by atoms with E-state index in [2.05, 4.69) is 9.97 Å². The lowest BCUT2D eigenvalue weighted by Gasteiger charge is -2.05. The van der Waals surface area contributed by atoms with Gasteiger partial charge in [0.1, 0.15) is 5.82 Å². The van der Waals surface area contributed by atoms with Gasteiger partial charge in [-0.2, -0.15) is 8.78 Å². The third-order valence-electron chi connectivity index (χ3n) is 2.29. The maximum Gasteiger partial charge on any atom is 0.337 e. The molecule has 5 nitrogen and oxygen atoms in total. The molecule has 8 heteroatoms. The zero-order chi connectivity index (χ0) is 13.8. The molecule has 0 aliphatic heterocycles. The van der Waals surface area contributed by atoms with Gasteiger partial charge in [0.25, 0.3) is 0 Å². The molecule has 0 unspecified atom stereocenters. The molecule has 1 N–H and O–H groups in total. The van der Waals surface area contributed by atoms with Crippen LogP contribution in [0.5, 0.6) is 0 Å². The van der Waals surface area contributed by atoms with Gasteiger partial charge in [-0.1, -0.05) is 11.8 Å². The molecule has 0 aliphatic carbocycles. The SMILES string of the molecule is O=C(O)c1ccc(SCc2nccn2C(F)F)nc1. The highest BCUT2D eigenvalue weighted by Gasteiger charge is 2.12. The van der Waals surface area contributed by atoms with Gasteiger partial charge in [0.15, 0.2) is 0 Å². The number of nitrogens with zero attached hydrogens (tertiary/aromatic N) is 3. The standard InChI is InChI=1S/C11H9F2N3O2S/c12-11(13)16-4-3-14-8(16)6-19-9-2-1-7(5-15-9)10(17)18/h1-5,11H,6H2,(H,17,18). The number of hydrogen-bond donors (Lipinski definition) is 1. The van der Waals surface area contributed by atoms with Gasteiger partial charge in [0.05, 0.1) is 16.3 Å². The minimum Gasteiger partial charge on any atom is -0.478 e. The molecule has 0 radical (unpaired) electrons. The van der Waals surface area contributed by atoms with E-state index >= 15 is 0 Å². The van der Waals surface area contributed by atoms with Crippen LogP contribution >= 0.6 is 11.8 Å². The number of carbonyl (C=O) groups is 1. The monoisotopic (exact) mass is 285 g/mol. The number of halogens is 2. The summed E-state index contributed by atoms with van der Waals surface area (Å²) in [5, 5.41) is 9.26. The number of imidazole rings is 1. The molecule has 0 atom stereocenters. The van der Waals surface area contributed by atoms with Gasteiger partial charge in [-0.3, -0.25) is 4.57 Å². The van der Waals surface area contributed by atoms with Crippen LogP contribution in [0.15, 0.2) is 35.7 Å². The molecule has 0 saturated carbocycles. The molecule has 2 aromatic heterocycles. The fraction of sp³-hybridized carbons (Fsp3) is 0.182. The smallest absolute Gasteiger partial charge is 0.337 e. The minimum atomic E-state index is -2.62. The second-order valence-electron chi connectivity index (χ2n) is 3.51. The highest BCUT2D eigenvalue weighted by Crippen LogP contribution is 2.22. The number of thioether (sulfide) groups is 1. The number of aromatic carboxylic acids is 1. The molecule has 0 fully saturated rings. The van der Waals surface area contributed by atoms with Crippen LogP contribution in [0.25, 0.3) is 0 Å². The average Bonchev–Trinajstić information content (AvgIpc) is 2.85. The molecule has 2 aromatic rings. The van der Waals surface area contributed by atoms with Gasteiger partial charge < -0.3 is 5.11 Å². The van der Waals surface area contributed by atoms with E-state index in [9.17, 15) is 13.6 Å². The van der Waals surface area contributed by atoms with Crippen LogP contribution in [-0.4, -0.2) is 25.6 Å². The van der Waals surface area contributed by atoms with Crippen molar-refractivity contribution in [3.8, 4) is 0 Å². The Morgan fingerprint density at radius 3 is 2.79 bits per heavy atom. The summed E-state index contributed by atoms with van der Waals surface area (Å²) in [4.78, 5) is 18.4. The number of hydrogen-bond acceptors (Lipinski definition) is 4. The largest absolute Gasteiger partial charge is 0.478 e. The Balaban J connectivity index is 2.02. The Labute approximate surface area is 111 Å². The molecule has 100 valence electrons. The first-order chi connectivity index (χ1) is 9.08. The van der Waals surface area contributed by atoms with Crippen molar-refractivity contribution >= 4 is 17.7 Å². The third-order valence-corrected chi connectivity index (χ3v) is 3.23. The van der Waals surface area contributed by atoms with E-state index in [0.29, 0.717) is 5.03 Å². The first kappa shape index (κ1) is 13.5. The maximum atomic E-state index is 12.6. The quantitative estimate of drug-likeness (QED) is 0.855. The number of alkyl halides is 2. The Bertz CT molecular complexity index is 572. The Hall–Kier alpha value is -1.96. The first-order valence-corrected chi connectivity index (χ1v) is 6.18. The third kappa shape index (κ3) is 3.28. The maximum absolute atomic E-state index is 12.6. The zero-order valence-corrected chi connectivity index (χ0v) is 10.3. The lowest BCUT2D eigenvalue weighted by atomic mass is 10.3. The Morgan fingerprint density at radius 1 is 1.42 bits per heavy atom. The van der Waals surface area contributed by atoms with Crippen molar-refractivity contribution in [1.29, 1.82) is 0 Å². The summed E-state index contributed by atoms with van der Waals surface area (Å²) in [5.41, 5.74) is 0.0819. The summed E-state index contributed by atoms with van der Waals surface area (Å²) < 4.78 is 25.9. The van der Waals surface area contributed by atoms with Gasteiger partial charge in [0.2, 0.25) is 0 Å². The van der Waals surface area contributed by atoms with E-state index in [0.717, 1.165) is 4.57 Å². The highest BCUT2D eigenvalue weighted by molar-refractivity contribution is 7.98. The summed E-state index contributed by atoms with van der Waals surface area (Å²) in [7, 11) is 0. The molecule has 0 aromatic carbocycles. The second-order valence-corrected chi connectivity index (χ2v) is 4.50. The van der Waals surface area contributed by atoms with Crippen molar-refractivity contribution in [3.05, 3.63) is 42.1 Å². The van der Waals surface area contributed by atoms with E-state index in [-0.39, 0.29) is 17.1 Å². The van der Waals surface area contributed by atoms with Crippen LogP contribution in [0.1, 0.15) is 22.7 Å². The predicted molar refractivity (Wildman–Crippen MR) is 64.2 cm³/mol. The summed E-state index contributed by atoms with van der Waals surface area (Å²) in [6.07, 6.45) is 3.74. The lowest BCUT2D eigenvalue weighted by Crippen LogP contribution is -2.02. The van der Waals surface area contributed by atoms with Crippen molar-refractivity contribution in [3.63, 3.8) is 0 Å². The van der Waals surface area contributed by atoms with Crippen LogP contribution in [0.2, 0.25) is 0 Å².